The fourth-order valence-electron chi connectivity index (χ4n) is 2.12. The van der Waals surface area contributed by atoms with Crippen LogP contribution in [-0.4, -0.2) is 18.7 Å². The highest BCUT2D eigenvalue weighted by Gasteiger charge is 1.96. The van der Waals surface area contributed by atoms with Gasteiger partial charge >= 0.3 is 0 Å². The van der Waals surface area contributed by atoms with E-state index in [9.17, 15) is 13.0 Å². The van der Waals surface area contributed by atoms with Crippen molar-refractivity contribution in [2.45, 2.75) is 84.0 Å². The van der Waals surface area contributed by atoms with E-state index < -0.39 is 10.1 Å². The summed E-state index contributed by atoms with van der Waals surface area (Å²) >= 11 is 0. The number of unbranched alkanes of at least 4 members (excludes halogenated alkanes) is 11. The molecular formula is C14H29O3S-. The Morgan fingerprint density at radius 3 is 1.33 bits per heavy atom. The van der Waals surface area contributed by atoms with E-state index in [1.807, 2.05) is 0 Å². The maximum absolute atomic E-state index is 10.4. The van der Waals surface area contributed by atoms with Crippen molar-refractivity contribution in [2.24, 2.45) is 0 Å². The first-order valence-electron chi connectivity index (χ1n) is 7.50. The van der Waals surface area contributed by atoms with E-state index in [1.165, 1.54) is 57.8 Å². The summed E-state index contributed by atoms with van der Waals surface area (Å²) in [6, 6.07) is 0. The fraction of sp³-hybridized carbons (Fsp3) is 1.00. The van der Waals surface area contributed by atoms with E-state index in [1.54, 1.807) is 0 Å². The first kappa shape index (κ1) is 17.9. The lowest BCUT2D eigenvalue weighted by Gasteiger charge is -2.06. The van der Waals surface area contributed by atoms with Crippen molar-refractivity contribution in [3.8, 4) is 0 Å². The minimum absolute atomic E-state index is 0.190. The van der Waals surface area contributed by atoms with Gasteiger partial charge < -0.3 is 4.55 Å². The monoisotopic (exact) mass is 277 g/mol. The van der Waals surface area contributed by atoms with Crippen molar-refractivity contribution in [3.05, 3.63) is 0 Å². The third-order valence-electron chi connectivity index (χ3n) is 3.25. The molecule has 0 fully saturated rings. The van der Waals surface area contributed by atoms with Crippen LogP contribution in [0.15, 0.2) is 0 Å². The Hall–Kier alpha value is -0.0900. The molecule has 0 unspecified atom stereocenters. The van der Waals surface area contributed by atoms with Crippen LogP contribution in [-0.2, 0) is 10.1 Å². The Balaban J connectivity index is 3.03. The molecule has 0 aliphatic carbocycles. The average molecular weight is 277 g/mol. The molecule has 110 valence electrons. The Labute approximate surface area is 113 Å². The van der Waals surface area contributed by atoms with E-state index in [-0.39, 0.29) is 5.75 Å². The molecule has 0 bridgehead atoms. The van der Waals surface area contributed by atoms with Crippen LogP contribution in [0.2, 0.25) is 0 Å². The minimum Gasteiger partial charge on any atom is -0.748 e. The molecule has 0 N–H and O–H groups in total. The van der Waals surface area contributed by atoms with Gasteiger partial charge in [0.25, 0.3) is 0 Å². The first-order valence-corrected chi connectivity index (χ1v) is 9.07. The zero-order valence-corrected chi connectivity index (χ0v) is 12.6. The predicted molar refractivity (Wildman–Crippen MR) is 75.6 cm³/mol. The van der Waals surface area contributed by atoms with E-state index >= 15 is 0 Å². The molecular weight excluding hydrogens is 248 g/mol. The fourth-order valence-corrected chi connectivity index (χ4v) is 2.68. The highest BCUT2D eigenvalue weighted by Crippen LogP contribution is 2.12. The van der Waals surface area contributed by atoms with Crippen molar-refractivity contribution < 1.29 is 13.0 Å². The zero-order chi connectivity index (χ0) is 13.7. The molecule has 0 aromatic rings. The Kier molecular flexibility index (Phi) is 11.9. The summed E-state index contributed by atoms with van der Waals surface area (Å²) in [6.45, 7) is 2.23. The number of rotatable bonds is 13. The lowest BCUT2D eigenvalue weighted by Crippen LogP contribution is -2.03. The van der Waals surface area contributed by atoms with Gasteiger partial charge in [-0.2, -0.15) is 0 Å². The molecule has 0 radical (unpaired) electrons. The summed E-state index contributed by atoms with van der Waals surface area (Å²) < 4.78 is 31.1. The normalized spacial score (nSPS) is 11.9. The minimum atomic E-state index is -3.99. The SMILES string of the molecule is CCCCCCCCCCCCCCS(=O)(=O)[O-]. The molecule has 0 aliphatic rings. The van der Waals surface area contributed by atoms with Gasteiger partial charge in [0.2, 0.25) is 0 Å². The van der Waals surface area contributed by atoms with Crippen LogP contribution in [0.1, 0.15) is 84.0 Å². The van der Waals surface area contributed by atoms with Gasteiger partial charge in [-0.1, -0.05) is 77.6 Å². The van der Waals surface area contributed by atoms with Gasteiger partial charge in [-0.05, 0) is 6.42 Å². The summed E-state index contributed by atoms with van der Waals surface area (Å²) in [7, 11) is -3.99. The smallest absolute Gasteiger partial charge is 0.0945 e. The van der Waals surface area contributed by atoms with Crippen molar-refractivity contribution >= 4 is 10.1 Å². The second-order valence-corrected chi connectivity index (χ2v) is 6.67. The molecule has 4 heteroatoms. The summed E-state index contributed by atoms with van der Waals surface area (Å²) in [4.78, 5) is 0. The van der Waals surface area contributed by atoms with Gasteiger partial charge in [0.15, 0.2) is 0 Å². The Bertz CT molecular complexity index is 260. The van der Waals surface area contributed by atoms with Gasteiger partial charge in [0, 0.05) is 5.75 Å². The van der Waals surface area contributed by atoms with Gasteiger partial charge in [-0.15, -0.1) is 0 Å². The van der Waals surface area contributed by atoms with Crippen molar-refractivity contribution in [3.63, 3.8) is 0 Å². The lowest BCUT2D eigenvalue weighted by atomic mass is 10.1. The molecule has 0 heterocycles. The molecule has 0 saturated carbocycles. The second kappa shape index (κ2) is 12.0. The van der Waals surface area contributed by atoms with E-state index in [0.29, 0.717) is 6.42 Å². The molecule has 0 saturated heterocycles. The van der Waals surface area contributed by atoms with E-state index in [0.717, 1.165) is 12.8 Å². The second-order valence-electron chi connectivity index (χ2n) is 5.15. The standard InChI is InChI=1S/C14H30O3S/c1-2-3-4-5-6-7-8-9-10-11-12-13-14-18(15,16)17/h2-14H2,1H3,(H,15,16,17)/p-1. The van der Waals surface area contributed by atoms with Crippen molar-refractivity contribution in [1.82, 2.24) is 0 Å². The van der Waals surface area contributed by atoms with Crippen LogP contribution in [0.5, 0.6) is 0 Å². The number of hydrogen-bond donors (Lipinski definition) is 0. The Morgan fingerprint density at radius 1 is 0.667 bits per heavy atom. The molecule has 0 rings (SSSR count). The summed E-state index contributed by atoms with van der Waals surface area (Å²) in [5.41, 5.74) is 0. The highest BCUT2D eigenvalue weighted by molar-refractivity contribution is 7.85. The lowest BCUT2D eigenvalue weighted by molar-refractivity contribution is 0.459. The molecule has 18 heavy (non-hydrogen) atoms. The third kappa shape index (κ3) is 15.9. The van der Waals surface area contributed by atoms with Gasteiger partial charge in [0.1, 0.15) is 0 Å². The quantitative estimate of drug-likeness (QED) is 0.374. The summed E-state index contributed by atoms with van der Waals surface area (Å²) in [5.74, 6) is -0.190. The van der Waals surface area contributed by atoms with Crippen LogP contribution in [0.3, 0.4) is 0 Å². The van der Waals surface area contributed by atoms with Crippen molar-refractivity contribution in [1.29, 1.82) is 0 Å². The van der Waals surface area contributed by atoms with Gasteiger partial charge in [-0.25, -0.2) is 8.42 Å². The molecule has 0 amide bonds. The molecule has 0 aliphatic heterocycles. The maximum atomic E-state index is 10.4. The first-order chi connectivity index (χ1) is 8.56. The zero-order valence-electron chi connectivity index (χ0n) is 11.8. The van der Waals surface area contributed by atoms with Crippen LogP contribution in [0.25, 0.3) is 0 Å². The molecule has 0 aromatic heterocycles. The molecule has 0 spiro atoms. The predicted octanol–water partition coefficient (Wildman–Crippen LogP) is 4.23. The average Bonchev–Trinajstić information content (AvgIpc) is 2.29. The van der Waals surface area contributed by atoms with E-state index in [4.69, 9.17) is 0 Å². The number of hydrogen-bond acceptors (Lipinski definition) is 3. The molecule has 3 nitrogen and oxygen atoms in total. The summed E-state index contributed by atoms with van der Waals surface area (Å²) in [5, 5.41) is 0. The largest absolute Gasteiger partial charge is 0.748 e. The molecule has 0 aromatic carbocycles. The van der Waals surface area contributed by atoms with Crippen LogP contribution >= 0.6 is 0 Å². The van der Waals surface area contributed by atoms with E-state index in [2.05, 4.69) is 6.92 Å². The van der Waals surface area contributed by atoms with Crippen LogP contribution in [0.4, 0.5) is 0 Å². The molecule has 0 atom stereocenters. The van der Waals surface area contributed by atoms with Gasteiger partial charge in [0.05, 0.1) is 10.1 Å². The van der Waals surface area contributed by atoms with Crippen molar-refractivity contribution in [2.75, 3.05) is 5.75 Å². The Morgan fingerprint density at radius 2 is 1.00 bits per heavy atom. The maximum Gasteiger partial charge on any atom is 0.0945 e. The third-order valence-corrected chi connectivity index (χ3v) is 4.04. The topological polar surface area (TPSA) is 57.2 Å². The van der Waals surface area contributed by atoms with Crippen LogP contribution in [0, 0.1) is 0 Å². The van der Waals surface area contributed by atoms with Crippen LogP contribution < -0.4 is 0 Å². The van der Waals surface area contributed by atoms with Gasteiger partial charge in [-0.3, -0.25) is 0 Å². The summed E-state index contributed by atoms with van der Waals surface area (Å²) in [6.07, 6.45) is 14.3. The highest BCUT2D eigenvalue weighted by atomic mass is 32.2.